The van der Waals surface area contributed by atoms with Gasteiger partial charge in [-0.25, -0.2) is 4.79 Å². The van der Waals surface area contributed by atoms with Crippen LogP contribution in [0.3, 0.4) is 0 Å². The third-order valence-electron chi connectivity index (χ3n) is 3.18. The Kier molecular flexibility index (Phi) is 22.0. The van der Waals surface area contributed by atoms with Crippen molar-refractivity contribution in [3.8, 4) is 0 Å². The Balaban J connectivity index is -0.000000420. The summed E-state index contributed by atoms with van der Waals surface area (Å²) in [6.45, 7) is 15.3. The molecule has 0 aromatic carbocycles. The van der Waals surface area contributed by atoms with Gasteiger partial charge in [0.05, 0.1) is 5.56 Å². The maximum Gasteiger partial charge on any atom is 0.323 e. The van der Waals surface area contributed by atoms with Crippen LogP contribution in [0.5, 0.6) is 0 Å². The number of nitrogens with zero attached hydrogens (tertiary/aromatic N) is 4. The van der Waals surface area contributed by atoms with E-state index < -0.39 is 5.56 Å². The van der Waals surface area contributed by atoms with Crippen molar-refractivity contribution in [1.29, 1.82) is 0 Å². The Bertz CT molecular complexity index is 1030. The van der Waals surface area contributed by atoms with Gasteiger partial charge in [-0.2, -0.15) is 20.0 Å². The number of H-pyrrole nitrogens is 2. The van der Waals surface area contributed by atoms with Crippen molar-refractivity contribution in [3.63, 3.8) is 0 Å². The van der Waals surface area contributed by atoms with Crippen molar-refractivity contribution < 1.29 is 65.4 Å². The minimum Gasteiger partial charge on any atom is -0.432 e. The van der Waals surface area contributed by atoms with E-state index in [-0.39, 0.29) is 88.1 Å². The summed E-state index contributed by atoms with van der Waals surface area (Å²) in [6.07, 6.45) is 5.88. The predicted molar refractivity (Wildman–Crippen MR) is 114 cm³/mol. The SMILES string of the molecule is CCCn1[c-]nc2c(=O)[nH]c(N)nc21.CCCn1c[c-]c(=O)[nH]c1=O.[CH2-]C.[CH2-]C.[Y].[Y]. The largest absolute Gasteiger partial charge is 0.432 e. The van der Waals surface area contributed by atoms with Gasteiger partial charge in [-0.15, -0.1) is 0 Å². The van der Waals surface area contributed by atoms with E-state index >= 15 is 0 Å². The van der Waals surface area contributed by atoms with Gasteiger partial charge in [-0.3, -0.25) is 9.78 Å². The Morgan fingerprint density at radius 3 is 2.13 bits per heavy atom. The van der Waals surface area contributed by atoms with Crippen molar-refractivity contribution in [3.05, 3.63) is 63.6 Å². The van der Waals surface area contributed by atoms with Crippen LogP contribution in [0.15, 0.2) is 20.6 Å². The van der Waals surface area contributed by atoms with Gasteiger partial charge in [-0.1, -0.05) is 13.8 Å². The van der Waals surface area contributed by atoms with E-state index in [0.717, 1.165) is 19.4 Å². The van der Waals surface area contributed by atoms with Crippen molar-refractivity contribution in [2.45, 2.75) is 53.6 Å². The zero-order valence-electron chi connectivity index (χ0n) is 18.6. The van der Waals surface area contributed by atoms with Gasteiger partial charge in [0.25, 0.3) is 0 Å². The van der Waals surface area contributed by atoms with Gasteiger partial charge in [0, 0.05) is 96.0 Å². The summed E-state index contributed by atoms with van der Waals surface area (Å²) in [5, 5.41) is 0. The van der Waals surface area contributed by atoms with Gasteiger partial charge in [0.15, 0.2) is 5.95 Å². The molecule has 0 atom stereocenters. The average Bonchev–Trinajstić information content (AvgIpc) is 3.11. The molecule has 168 valence electrons. The second kappa shape index (κ2) is 19.7. The summed E-state index contributed by atoms with van der Waals surface area (Å²) in [6, 6.07) is 2.38. The van der Waals surface area contributed by atoms with Crippen LogP contribution in [0.25, 0.3) is 11.2 Å². The van der Waals surface area contributed by atoms with Crippen LogP contribution in [-0.4, -0.2) is 29.1 Å². The molecule has 0 aliphatic heterocycles. The van der Waals surface area contributed by atoms with E-state index in [1.165, 1.54) is 10.8 Å². The van der Waals surface area contributed by atoms with Crippen LogP contribution in [0, 0.1) is 26.2 Å². The Morgan fingerprint density at radius 2 is 1.61 bits per heavy atom. The molecule has 2 radical (unpaired) electrons. The molecule has 0 saturated heterocycles. The monoisotopic (exact) mass is 581 g/mol. The Labute approximate surface area is 232 Å². The summed E-state index contributed by atoms with van der Waals surface area (Å²) >= 11 is 0. The first-order valence-electron chi connectivity index (χ1n) is 9.22. The number of nitrogens with one attached hydrogen (secondary N) is 2. The quantitative estimate of drug-likeness (QED) is 0.397. The summed E-state index contributed by atoms with van der Waals surface area (Å²) in [5.74, 6) is 0.105. The molecule has 12 heteroatoms. The summed E-state index contributed by atoms with van der Waals surface area (Å²) in [5.41, 5.74) is 5.05. The molecule has 0 aliphatic rings. The molecular weight excluding hydrogens is 552 g/mol. The average molecular weight is 581 g/mol. The van der Waals surface area contributed by atoms with Crippen LogP contribution in [-0.2, 0) is 78.5 Å². The number of hydrogen-bond acceptors (Lipinski definition) is 6. The van der Waals surface area contributed by atoms with Gasteiger partial charge in [0.2, 0.25) is 5.56 Å². The molecule has 3 heterocycles. The smallest absolute Gasteiger partial charge is 0.323 e. The van der Waals surface area contributed by atoms with E-state index in [4.69, 9.17) is 5.73 Å². The molecule has 3 aromatic rings. The van der Waals surface area contributed by atoms with Gasteiger partial charge >= 0.3 is 5.69 Å². The van der Waals surface area contributed by atoms with E-state index in [0.29, 0.717) is 12.2 Å². The summed E-state index contributed by atoms with van der Waals surface area (Å²) in [7, 11) is 0. The third kappa shape index (κ3) is 11.5. The van der Waals surface area contributed by atoms with E-state index in [9.17, 15) is 14.4 Å². The van der Waals surface area contributed by atoms with Gasteiger partial charge in [0.1, 0.15) is 0 Å². The fourth-order valence-corrected chi connectivity index (χ4v) is 2.11. The minimum atomic E-state index is -0.470. The zero-order chi connectivity index (χ0) is 22.4. The van der Waals surface area contributed by atoms with Crippen molar-refractivity contribution in [1.82, 2.24) is 29.1 Å². The molecule has 10 nitrogen and oxygen atoms in total. The van der Waals surface area contributed by atoms with E-state index in [2.05, 4.69) is 46.2 Å². The zero-order valence-corrected chi connectivity index (χ0v) is 24.2. The number of rotatable bonds is 4. The second-order valence-corrected chi connectivity index (χ2v) is 5.21. The molecule has 0 bridgehead atoms. The number of anilines is 1. The molecule has 0 unspecified atom stereocenters. The minimum absolute atomic E-state index is 0. The molecule has 0 aliphatic carbocycles. The standard InChI is InChI=1S/C8H10N5O.C7H9N2O2.2C2H5.2Y/c1-2-3-13-4-10-5-6(13)11-8(9)12-7(5)14;1-2-4-9-5-3-6(10)8-7(9)11;2*1-2;;/h2-3H2,1H3,(H3,9,11,12,14);5H,2,4H2,1H3,(H,8,10,11);2*1H2,2H3;;/q4*-1;;. The van der Waals surface area contributed by atoms with Crippen LogP contribution >= 0.6 is 0 Å². The van der Waals surface area contributed by atoms with E-state index in [1.807, 2.05) is 13.8 Å². The second-order valence-electron chi connectivity index (χ2n) is 5.21. The first-order valence-corrected chi connectivity index (χ1v) is 9.22. The third-order valence-corrected chi connectivity index (χ3v) is 3.18. The maximum atomic E-state index is 11.3. The number of aryl methyl sites for hydroxylation is 2. The van der Waals surface area contributed by atoms with Crippen molar-refractivity contribution in [2.75, 3.05) is 5.73 Å². The maximum absolute atomic E-state index is 11.3. The normalized spacial score (nSPS) is 8.84. The topological polar surface area (TPSA) is 144 Å². The van der Waals surface area contributed by atoms with Crippen molar-refractivity contribution in [2.24, 2.45) is 0 Å². The Hall–Kier alpha value is -0.962. The number of nitrogen functional groups attached to an aromatic ring is 1. The molecule has 0 amide bonds. The molecule has 4 N–H and O–H groups in total. The van der Waals surface area contributed by atoms with Crippen LogP contribution in [0.1, 0.15) is 40.5 Å². The number of nitrogens with two attached hydrogens (primary N) is 1. The van der Waals surface area contributed by atoms with Crippen molar-refractivity contribution >= 4 is 17.1 Å². The fraction of sp³-hybridized carbons (Fsp3) is 0.421. The molecule has 0 spiro atoms. The summed E-state index contributed by atoms with van der Waals surface area (Å²) < 4.78 is 3.11. The van der Waals surface area contributed by atoms with Gasteiger partial charge in [-0.05, 0) is 12.8 Å². The number of fused-ring (bicyclic) bond motifs is 1. The fourth-order valence-electron chi connectivity index (χ4n) is 2.11. The molecular formula is C19H29N7O3Y2-4. The number of aromatic amines is 2. The number of aromatic nitrogens is 6. The first-order chi connectivity index (χ1) is 14.0. The molecule has 3 aromatic heterocycles. The van der Waals surface area contributed by atoms with Crippen LogP contribution in [0.4, 0.5) is 5.95 Å². The summed E-state index contributed by atoms with van der Waals surface area (Å²) in [4.78, 5) is 45.1. The first kappa shape index (κ1) is 34.6. The number of hydrogen-bond donors (Lipinski definition) is 3. The molecule has 3 rings (SSSR count). The molecule has 0 fully saturated rings. The van der Waals surface area contributed by atoms with E-state index in [1.54, 1.807) is 18.4 Å². The molecule has 31 heavy (non-hydrogen) atoms. The Morgan fingerprint density at radius 1 is 1.03 bits per heavy atom. The predicted octanol–water partition coefficient (Wildman–Crippen LogP) is 1.33. The number of imidazole rings is 1. The van der Waals surface area contributed by atoms with Gasteiger partial charge < -0.3 is 54.5 Å². The van der Waals surface area contributed by atoms with Crippen LogP contribution in [0.2, 0.25) is 0 Å². The molecule has 0 saturated carbocycles. The van der Waals surface area contributed by atoms with Crippen LogP contribution < -0.4 is 22.5 Å².